The first kappa shape index (κ1) is 10.3. The molecule has 4 nitrogen and oxygen atoms in total. The molecular formula is C12H19N3O. The second-order valence-electron chi connectivity index (χ2n) is 5.04. The zero-order valence-corrected chi connectivity index (χ0v) is 9.56. The summed E-state index contributed by atoms with van der Waals surface area (Å²) in [6.45, 7) is 4.60. The fraction of sp³-hybridized carbons (Fsp3) is 0.750. The standard InChI is InChI=1S/C12H19N3O/c1-2-12(1)15-4-3-10(8-15)5-13-6-11-7-14-16-9-11/h7,9-10,12-13H,1-6,8H2. The van der Waals surface area contributed by atoms with Crippen molar-refractivity contribution < 1.29 is 4.52 Å². The summed E-state index contributed by atoms with van der Waals surface area (Å²) in [6, 6.07) is 0.933. The molecule has 0 aromatic carbocycles. The number of hydrogen-bond acceptors (Lipinski definition) is 4. The Morgan fingerprint density at radius 1 is 1.44 bits per heavy atom. The Balaban J connectivity index is 1.36. The highest BCUT2D eigenvalue weighted by molar-refractivity contribution is 4.99. The van der Waals surface area contributed by atoms with Gasteiger partial charge in [-0.05, 0) is 38.3 Å². The minimum atomic E-state index is 0.834. The van der Waals surface area contributed by atoms with Crippen molar-refractivity contribution in [3.05, 3.63) is 18.0 Å². The maximum absolute atomic E-state index is 4.80. The van der Waals surface area contributed by atoms with E-state index in [1.807, 2.05) is 0 Å². The molecule has 2 heterocycles. The first-order chi connectivity index (χ1) is 7.92. The lowest BCUT2D eigenvalue weighted by Gasteiger charge is -2.14. The average Bonchev–Trinajstić information content (AvgIpc) is 2.83. The predicted octanol–water partition coefficient (Wildman–Crippen LogP) is 1.25. The van der Waals surface area contributed by atoms with Crippen LogP contribution in [-0.2, 0) is 6.54 Å². The van der Waals surface area contributed by atoms with Gasteiger partial charge in [0.2, 0.25) is 0 Å². The number of rotatable bonds is 5. The Kier molecular flexibility index (Phi) is 2.93. The van der Waals surface area contributed by atoms with E-state index in [1.165, 1.54) is 32.4 Å². The van der Waals surface area contributed by atoms with E-state index in [0.717, 1.165) is 30.6 Å². The van der Waals surface area contributed by atoms with Crippen molar-refractivity contribution in [3.8, 4) is 0 Å². The summed E-state index contributed by atoms with van der Waals surface area (Å²) in [5.41, 5.74) is 1.14. The molecule has 1 saturated heterocycles. The normalized spacial score (nSPS) is 26.4. The van der Waals surface area contributed by atoms with E-state index in [9.17, 15) is 0 Å². The summed E-state index contributed by atoms with van der Waals surface area (Å²) < 4.78 is 4.80. The van der Waals surface area contributed by atoms with Crippen LogP contribution in [-0.4, -0.2) is 35.7 Å². The second kappa shape index (κ2) is 4.55. The van der Waals surface area contributed by atoms with Gasteiger partial charge in [0.05, 0.1) is 6.20 Å². The fourth-order valence-electron chi connectivity index (χ4n) is 2.54. The third kappa shape index (κ3) is 2.44. The molecular weight excluding hydrogens is 202 g/mol. The molecule has 16 heavy (non-hydrogen) atoms. The van der Waals surface area contributed by atoms with E-state index in [1.54, 1.807) is 12.5 Å². The molecule has 2 aliphatic rings. The van der Waals surface area contributed by atoms with Gasteiger partial charge in [-0.15, -0.1) is 0 Å². The Bertz CT molecular complexity index is 321. The van der Waals surface area contributed by atoms with E-state index in [-0.39, 0.29) is 0 Å². The molecule has 1 aromatic rings. The summed E-state index contributed by atoms with van der Waals surface area (Å²) in [5.74, 6) is 0.834. The van der Waals surface area contributed by atoms with Crippen molar-refractivity contribution in [2.75, 3.05) is 19.6 Å². The predicted molar refractivity (Wildman–Crippen MR) is 60.9 cm³/mol. The molecule has 3 rings (SSSR count). The highest BCUT2D eigenvalue weighted by atomic mass is 16.5. The molecule has 1 aromatic heterocycles. The molecule has 88 valence electrons. The molecule has 1 N–H and O–H groups in total. The summed E-state index contributed by atoms with van der Waals surface area (Å²) in [5, 5.41) is 7.18. The topological polar surface area (TPSA) is 41.3 Å². The van der Waals surface area contributed by atoms with Gasteiger partial charge in [-0.3, -0.25) is 0 Å². The lowest BCUT2D eigenvalue weighted by Crippen LogP contribution is -2.27. The van der Waals surface area contributed by atoms with Crippen molar-refractivity contribution >= 4 is 0 Å². The van der Waals surface area contributed by atoms with Crippen LogP contribution < -0.4 is 5.32 Å². The molecule has 0 bridgehead atoms. The number of likely N-dealkylation sites (tertiary alicyclic amines) is 1. The van der Waals surface area contributed by atoms with Crippen LogP contribution in [0, 0.1) is 5.92 Å². The summed E-state index contributed by atoms with van der Waals surface area (Å²) in [4.78, 5) is 2.66. The van der Waals surface area contributed by atoms with E-state index in [4.69, 9.17) is 4.52 Å². The quantitative estimate of drug-likeness (QED) is 0.812. The van der Waals surface area contributed by atoms with Crippen LogP contribution in [0.15, 0.2) is 17.0 Å². The average molecular weight is 221 g/mol. The molecule has 1 saturated carbocycles. The van der Waals surface area contributed by atoms with Gasteiger partial charge in [-0.25, -0.2) is 0 Å². The molecule has 1 atom stereocenters. The van der Waals surface area contributed by atoms with Gasteiger partial charge in [0, 0.05) is 24.7 Å². The van der Waals surface area contributed by atoms with Gasteiger partial charge in [-0.2, -0.15) is 0 Å². The number of nitrogens with one attached hydrogen (secondary N) is 1. The lowest BCUT2D eigenvalue weighted by molar-refractivity contribution is 0.312. The maximum atomic E-state index is 4.80. The van der Waals surface area contributed by atoms with Gasteiger partial charge < -0.3 is 14.7 Å². The second-order valence-corrected chi connectivity index (χ2v) is 5.04. The van der Waals surface area contributed by atoms with Gasteiger partial charge in [0.15, 0.2) is 0 Å². The van der Waals surface area contributed by atoms with Crippen LogP contribution in [0.5, 0.6) is 0 Å². The van der Waals surface area contributed by atoms with Crippen LogP contribution >= 0.6 is 0 Å². The minimum Gasteiger partial charge on any atom is -0.364 e. The van der Waals surface area contributed by atoms with Crippen molar-refractivity contribution in [1.29, 1.82) is 0 Å². The SMILES string of the molecule is c1nocc1CNCC1CCN(C2CC2)C1. The fourth-order valence-corrected chi connectivity index (χ4v) is 2.54. The number of hydrogen-bond donors (Lipinski definition) is 1. The highest BCUT2D eigenvalue weighted by Crippen LogP contribution is 2.31. The van der Waals surface area contributed by atoms with Crippen molar-refractivity contribution in [3.63, 3.8) is 0 Å². The van der Waals surface area contributed by atoms with Crippen LogP contribution in [0.3, 0.4) is 0 Å². The van der Waals surface area contributed by atoms with Crippen LogP contribution in [0.2, 0.25) is 0 Å². The summed E-state index contributed by atoms with van der Waals surface area (Å²) in [7, 11) is 0. The Morgan fingerprint density at radius 2 is 2.38 bits per heavy atom. The summed E-state index contributed by atoms with van der Waals surface area (Å²) >= 11 is 0. The van der Waals surface area contributed by atoms with Crippen LogP contribution in [0.25, 0.3) is 0 Å². The molecule has 1 aliphatic heterocycles. The largest absolute Gasteiger partial charge is 0.364 e. The minimum absolute atomic E-state index is 0.834. The first-order valence-electron chi connectivity index (χ1n) is 6.25. The van der Waals surface area contributed by atoms with E-state index >= 15 is 0 Å². The lowest BCUT2D eigenvalue weighted by atomic mass is 10.1. The highest BCUT2D eigenvalue weighted by Gasteiger charge is 2.33. The van der Waals surface area contributed by atoms with Gasteiger partial charge in [0.25, 0.3) is 0 Å². The molecule has 0 spiro atoms. The summed E-state index contributed by atoms with van der Waals surface area (Å²) in [6.07, 6.45) is 7.70. The monoisotopic (exact) mass is 221 g/mol. The number of nitrogens with zero attached hydrogens (tertiary/aromatic N) is 2. The smallest absolute Gasteiger partial charge is 0.128 e. The molecule has 1 unspecified atom stereocenters. The Hall–Kier alpha value is -0.870. The third-order valence-corrected chi connectivity index (χ3v) is 3.63. The zero-order valence-electron chi connectivity index (χ0n) is 9.56. The maximum Gasteiger partial charge on any atom is 0.128 e. The Labute approximate surface area is 96.0 Å². The molecule has 2 fully saturated rings. The Morgan fingerprint density at radius 3 is 3.12 bits per heavy atom. The van der Waals surface area contributed by atoms with Crippen LogP contribution in [0.4, 0.5) is 0 Å². The van der Waals surface area contributed by atoms with Crippen molar-refractivity contribution in [2.45, 2.75) is 31.8 Å². The van der Waals surface area contributed by atoms with Crippen molar-refractivity contribution in [1.82, 2.24) is 15.4 Å². The van der Waals surface area contributed by atoms with Crippen molar-refractivity contribution in [2.24, 2.45) is 5.92 Å². The van der Waals surface area contributed by atoms with E-state index < -0.39 is 0 Å². The zero-order chi connectivity index (χ0) is 10.8. The molecule has 4 heteroatoms. The van der Waals surface area contributed by atoms with Gasteiger partial charge >= 0.3 is 0 Å². The van der Waals surface area contributed by atoms with Gasteiger partial charge in [0.1, 0.15) is 6.26 Å². The molecule has 0 amide bonds. The van der Waals surface area contributed by atoms with Gasteiger partial charge in [-0.1, -0.05) is 5.16 Å². The molecule has 0 radical (unpaired) electrons. The van der Waals surface area contributed by atoms with Crippen LogP contribution in [0.1, 0.15) is 24.8 Å². The number of aromatic nitrogens is 1. The first-order valence-corrected chi connectivity index (χ1v) is 6.25. The third-order valence-electron chi connectivity index (χ3n) is 3.63. The molecule has 1 aliphatic carbocycles. The van der Waals surface area contributed by atoms with E-state index in [0.29, 0.717) is 0 Å². The van der Waals surface area contributed by atoms with E-state index in [2.05, 4.69) is 15.4 Å².